The lowest BCUT2D eigenvalue weighted by atomic mass is 9.62. The van der Waals surface area contributed by atoms with Crippen molar-refractivity contribution in [3.05, 3.63) is 28.8 Å². The first-order valence-electron chi connectivity index (χ1n) is 6.09. The molecule has 16 heavy (non-hydrogen) atoms. The number of fused-ring (bicyclic) bond motifs is 1. The van der Waals surface area contributed by atoms with Crippen LogP contribution in [0.5, 0.6) is 5.75 Å². The van der Waals surface area contributed by atoms with Gasteiger partial charge in [0, 0.05) is 0 Å². The van der Waals surface area contributed by atoms with Crippen molar-refractivity contribution >= 4 is 0 Å². The highest BCUT2D eigenvalue weighted by Crippen LogP contribution is 2.47. The van der Waals surface area contributed by atoms with E-state index in [1.165, 1.54) is 29.5 Å². The zero-order chi connectivity index (χ0) is 12.1. The third-order valence-corrected chi connectivity index (χ3v) is 4.10. The van der Waals surface area contributed by atoms with Gasteiger partial charge in [0.2, 0.25) is 0 Å². The van der Waals surface area contributed by atoms with Crippen molar-refractivity contribution in [2.24, 2.45) is 0 Å². The summed E-state index contributed by atoms with van der Waals surface area (Å²) < 4.78 is 0. The summed E-state index contributed by atoms with van der Waals surface area (Å²) in [5.74, 6) is 0.405. The van der Waals surface area contributed by atoms with Crippen molar-refractivity contribution in [3.63, 3.8) is 0 Å². The normalized spacial score (nSPS) is 21.6. The van der Waals surface area contributed by atoms with Crippen molar-refractivity contribution in [2.75, 3.05) is 0 Å². The predicted molar refractivity (Wildman–Crippen MR) is 68.1 cm³/mol. The Kier molecular flexibility index (Phi) is 2.34. The summed E-state index contributed by atoms with van der Waals surface area (Å²) in [5, 5.41) is 9.77. The maximum Gasteiger partial charge on any atom is 0.116 e. The number of phenolic OH excluding ortho intramolecular Hbond substituents is 1. The summed E-state index contributed by atoms with van der Waals surface area (Å²) >= 11 is 0. The first-order valence-corrected chi connectivity index (χ1v) is 6.09. The highest BCUT2D eigenvalue weighted by Gasteiger charge is 2.38. The smallest absolute Gasteiger partial charge is 0.116 e. The monoisotopic (exact) mass is 218 g/mol. The number of aryl methyl sites for hydroxylation is 1. The molecule has 0 saturated carbocycles. The molecule has 1 N–H and O–H groups in total. The summed E-state index contributed by atoms with van der Waals surface area (Å²) in [7, 11) is 0. The highest BCUT2D eigenvalue weighted by molar-refractivity contribution is 5.49. The summed E-state index contributed by atoms with van der Waals surface area (Å²) in [5.41, 5.74) is 4.44. The minimum atomic E-state index is 0.189. The first kappa shape index (κ1) is 11.5. The molecule has 0 unspecified atom stereocenters. The molecule has 0 heterocycles. The molecule has 0 fully saturated rings. The van der Waals surface area contributed by atoms with E-state index < -0.39 is 0 Å². The van der Waals surface area contributed by atoms with E-state index in [2.05, 4.69) is 34.6 Å². The lowest BCUT2D eigenvalue weighted by molar-refractivity contribution is 0.328. The van der Waals surface area contributed by atoms with Crippen LogP contribution < -0.4 is 0 Å². The molecule has 0 radical (unpaired) electrons. The molecule has 0 spiro atoms. The molecular formula is C15H22O. The number of aromatic hydroxyl groups is 1. The minimum Gasteiger partial charge on any atom is -0.508 e. The quantitative estimate of drug-likeness (QED) is 0.696. The van der Waals surface area contributed by atoms with Gasteiger partial charge in [-0.25, -0.2) is 0 Å². The van der Waals surface area contributed by atoms with Crippen LogP contribution in [0.25, 0.3) is 0 Å². The van der Waals surface area contributed by atoms with Gasteiger partial charge in [0.1, 0.15) is 5.75 Å². The molecule has 1 aromatic carbocycles. The van der Waals surface area contributed by atoms with Gasteiger partial charge in [0.25, 0.3) is 0 Å². The van der Waals surface area contributed by atoms with Crippen LogP contribution in [0, 0.1) is 6.92 Å². The third-order valence-electron chi connectivity index (χ3n) is 4.10. The Bertz CT molecular complexity index is 427. The van der Waals surface area contributed by atoms with Crippen LogP contribution in [0.1, 0.15) is 57.2 Å². The molecular weight excluding hydrogens is 196 g/mol. The van der Waals surface area contributed by atoms with Crippen LogP contribution in [0.2, 0.25) is 0 Å². The van der Waals surface area contributed by atoms with Gasteiger partial charge < -0.3 is 5.11 Å². The van der Waals surface area contributed by atoms with Crippen molar-refractivity contribution in [3.8, 4) is 5.75 Å². The third kappa shape index (κ3) is 1.63. The van der Waals surface area contributed by atoms with Gasteiger partial charge in [-0.15, -0.1) is 0 Å². The average Bonchev–Trinajstić information content (AvgIpc) is 2.11. The molecule has 0 aromatic heterocycles. The second kappa shape index (κ2) is 3.26. The molecule has 1 aliphatic rings. The molecule has 1 nitrogen and oxygen atoms in total. The van der Waals surface area contributed by atoms with E-state index in [0.717, 1.165) is 0 Å². The first-order chi connectivity index (χ1) is 7.24. The summed E-state index contributed by atoms with van der Waals surface area (Å²) in [6.45, 7) is 11.3. The van der Waals surface area contributed by atoms with Gasteiger partial charge in [-0.1, -0.05) is 27.7 Å². The highest BCUT2D eigenvalue weighted by atomic mass is 16.3. The molecule has 88 valence electrons. The molecule has 0 aliphatic heterocycles. The number of hydrogen-bond acceptors (Lipinski definition) is 1. The second-order valence-electron chi connectivity index (χ2n) is 6.45. The lowest BCUT2D eigenvalue weighted by Crippen LogP contribution is -2.34. The summed E-state index contributed by atoms with van der Waals surface area (Å²) in [4.78, 5) is 0. The van der Waals surface area contributed by atoms with Crippen molar-refractivity contribution < 1.29 is 5.11 Å². The Morgan fingerprint density at radius 1 is 1.00 bits per heavy atom. The van der Waals surface area contributed by atoms with Crippen LogP contribution in [0.3, 0.4) is 0 Å². The number of hydrogen-bond donors (Lipinski definition) is 1. The predicted octanol–water partition coefficient (Wildman–Crippen LogP) is 4.05. The van der Waals surface area contributed by atoms with Crippen LogP contribution in [-0.2, 0) is 10.8 Å². The maximum atomic E-state index is 9.77. The van der Waals surface area contributed by atoms with Gasteiger partial charge in [-0.3, -0.25) is 0 Å². The summed E-state index contributed by atoms with van der Waals surface area (Å²) in [6, 6.07) is 3.85. The fourth-order valence-corrected chi connectivity index (χ4v) is 3.08. The number of rotatable bonds is 0. The molecule has 0 bridgehead atoms. The zero-order valence-corrected chi connectivity index (χ0v) is 11.0. The average molecular weight is 218 g/mol. The van der Waals surface area contributed by atoms with Crippen LogP contribution in [0.4, 0.5) is 0 Å². The van der Waals surface area contributed by atoms with Crippen LogP contribution in [0.15, 0.2) is 12.1 Å². The molecule has 2 rings (SSSR count). The Morgan fingerprint density at radius 3 is 2.19 bits per heavy atom. The maximum absolute atomic E-state index is 9.77. The van der Waals surface area contributed by atoms with Gasteiger partial charge in [0.05, 0.1) is 0 Å². The summed E-state index contributed by atoms with van der Waals surface area (Å²) in [6.07, 6.45) is 2.41. The van der Waals surface area contributed by atoms with Crippen molar-refractivity contribution in [1.29, 1.82) is 0 Å². The number of benzene rings is 1. The van der Waals surface area contributed by atoms with Crippen molar-refractivity contribution in [2.45, 2.75) is 58.3 Å². The van der Waals surface area contributed by atoms with Crippen LogP contribution in [-0.4, -0.2) is 5.11 Å². The number of phenols is 1. The molecule has 0 saturated heterocycles. The minimum absolute atomic E-state index is 0.189. The van der Waals surface area contributed by atoms with Gasteiger partial charge in [-0.2, -0.15) is 0 Å². The topological polar surface area (TPSA) is 20.2 Å². The standard InChI is InChI=1S/C15H22O/c1-10-8-11(16)9-12-13(10)15(4,5)7-6-14(12,2)3/h8-9,16H,6-7H2,1-5H3. The fraction of sp³-hybridized carbons (Fsp3) is 0.600. The molecule has 0 atom stereocenters. The zero-order valence-electron chi connectivity index (χ0n) is 11.0. The Labute approximate surface area is 98.5 Å². The fourth-order valence-electron chi connectivity index (χ4n) is 3.08. The Hall–Kier alpha value is -0.980. The second-order valence-corrected chi connectivity index (χ2v) is 6.45. The van der Waals surface area contributed by atoms with Gasteiger partial charge in [-0.05, 0) is 59.4 Å². The van der Waals surface area contributed by atoms with E-state index in [1.807, 2.05) is 12.1 Å². The Balaban J connectivity index is 2.74. The SMILES string of the molecule is Cc1cc(O)cc2c1C(C)(C)CCC2(C)C. The molecule has 1 heteroatoms. The van der Waals surface area contributed by atoms with E-state index >= 15 is 0 Å². The lowest BCUT2D eigenvalue weighted by Gasteiger charge is -2.42. The van der Waals surface area contributed by atoms with E-state index in [-0.39, 0.29) is 10.8 Å². The van der Waals surface area contributed by atoms with Crippen LogP contribution >= 0.6 is 0 Å². The van der Waals surface area contributed by atoms with E-state index in [0.29, 0.717) is 5.75 Å². The Morgan fingerprint density at radius 2 is 1.56 bits per heavy atom. The molecule has 1 aromatic rings. The van der Waals surface area contributed by atoms with E-state index in [1.54, 1.807) is 0 Å². The molecule has 1 aliphatic carbocycles. The van der Waals surface area contributed by atoms with Gasteiger partial charge in [0.15, 0.2) is 0 Å². The largest absolute Gasteiger partial charge is 0.508 e. The van der Waals surface area contributed by atoms with E-state index in [9.17, 15) is 5.11 Å². The molecule has 0 amide bonds. The van der Waals surface area contributed by atoms with Gasteiger partial charge >= 0.3 is 0 Å². The van der Waals surface area contributed by atoms with E-state index in [4.69, 9.17) is 0 Å². The van der Waals surface area contributed by atoms with Crippen molar-refractivity contribution in [1.82, 2.24) is 0 Å².